The van der Waals surface area contributed by atoms with Gasteiger partial charge in [0, 0.05) is 12.6 Å². The zero-order valence-corrected chi connectivity index (χ0v) is 9.30. The summed E-state index contributed by atoms with van der Waals surface area (Å²) in [5.74, 6) is 1.88. The van der Waals surface area contributed by atoms with E-state index in [1.807, 2.05) is 0 Å². The topological polar surface area (TPSA) is 21.3 Å². The highest BCUT2D eigenvalue weighted by molar-refractivity contribution is 4.76. The molecule has 2 rings (SSSR count). The number of nitrogens with one attached hydrogen (secondary N) is 1. The summed E-state index contributed by atoms with van der Waals surface area (Å²) >= 11 is 0. The van der Waals surface area contributed by atoms with E-state index in [4.69, 9.17) is 4.74 Å². The smallest absolute Gasteiger partial charge is 0.0620 e. The summed E-state index contributed by atoms with van der Waals surface area (Å²) in [7, 11) is 0. The van der Waals surface area contributed by atoms with Gasteiger partial charge in [0.05, 0.1) is 6.61 Å². The van der Waals surface area contributed by atoms with Gasteiger partial charge in [-0.05, 0) is 37.6 Å². The number of hydrogen-bond donors (Lipinski definition) is 1. The summed E-state index contributed by atoms with van der Waals surface area (Å²) in [6.45, 7) is 5.50. The zero-order chi connectivity index (χ0) is 9.80. The van der Waals surface area contributed by atoms with Gasteiger partial charge >= 0.3 is 0 Å². The fraction of sp³-hybridized carbons (Fsp3) is 1.00. The van der Waals surface area contributed by atoms with Crippen LogP contribution < -0.4 is 5.32 Å². The zero-order valence-electron chi connectivity index (χ0n) is 9.30. The Bertz CT molecular complexity index is 166. The van der Waals surface area contributed by atoms with Gasteiger partial charge in [-0.25, -0.2) is 0 Å². The SMILES string of the molecule is CC1CCCC(CNC2CCOC2)C1. The molecule has 0 radical (unpaired) electrons. The lowest BCUT2D eigenvalue weighted by molar-refractivity contribution is 0.187. The maximum absolute atomic E-state index is 5.36. The molecule has 82 valence electrons. The van der Waals surface area contributed by atoms with Crippen LogP contribution in [0.2, 0.25) is 0 Å². The Hall–Kier alpha value is -0.0800. The molecule has 14 heavy (non-hydrogen) atoms. The molecule has 1 aliphatic heterocycles. The molecule has 2 fully saturated rings. The van der Waals surface area contributed by atoms with Gasteiger partial charge in [0.25, 0.3) is 0 Å². The molecule has 3 unspecified atom stereocenters. The number of ether oxygens (including phenoxy) is 1. The molecular weight excluding hydrogens is 174 g/mol. The fourth-order valence-corrected chi connectivity index (χ4v) is 2.77. The molecule has 0 aromatic rings. The average Bonchev–Trinajstić information content (AvgIpc) is 2.67. The summed E-state index contributed by atoms with van der Waals surface area (Å²) in [5, 5.41) is 3.65. The molecule has 3 atom stereocenters. The predicted octanol–water partition coefficient (Wildman–Crippen LogP) is 2.19. The lowest BCUT2D eigenvalue weighted by Crippen LogP contribution is -2.35. The van der Waals surface area contributed by atoms with E-state index in [-0.39, 0.29) is 0 Å². The van der Waals surface area contributed by atoms with Gasteiger partial charge in [-0.3, -0.25) is 0 Å². The van der Waals surface area contributed by atoms with E-state index in [0.717, 1.165) is 25.0 Å². The monoisotopic (exact) mass is 197 g/mol. The van der Waals surface area contributed by atoms with Crippen LogP contribution in [0, 0.1) is 11.8 Å². The first-order valence-electron chi connectivity index (χ1n) is 6.15. The second-order valence-corrected chi connectivity index (χ2v) is 5.11. The van der Waals surface area contributed by atoms with Crippen molar-refractivity contribution in [2.24, 2.45) is 11.8 Å². The minimum Gasteiger partial charge on any atom is -0.380 e. The van der Waals surface area contributed by atoms with E-state index in [2.05, 4.69) is 12.2 Å². The third kappa shape index (κ3) is 2.96. The molecular formula is C12H23NO. The van der Waals surface area contributed by atoms with Crippen molar-refractivity contribution in [1.29, 1.82) is 0 Å². The van der Waals surface area contributed by atoms with Crippen LogP contribution >= 0.6 is 0 Å². The van der Waals surface area contributed by atoms with Gasteiger partial charge in [0.1, 0.15) is 0 Å². The van der Waals surface area contributed by atoms with Crippen molar-refractivity contribution in [3.8, 4) is 0 Å². The van der Waals surface area contributed by atoms with Crippen LogP contribution in [-0.4, -0.2) is 25.8 Å². The van der Waals surface area contributed by atoms with Crippen molar-refractivity contribution in [3.63, 3.8) is 0 Å². The maximum Gasteiger partial charge on any atom is 0.0620 e. The molecule has 1 heterocycles. The Morgan fingerprint density at radius 2 is 2.21 bits per heavy atom. The van der Waals surface area contributed by atoms with Crippen LogP contribution in [0.1, 0.15) is 39.0 Å². The average molecular weight is 197 g/mol. The van der Waals surface area contributed by atoms with E-state index in [9.17, 15) is 0 Å². The van der Waals surface area contributed by atoms with E-state index in [1.165, 1.54) is 38.6 Å². The van der Waals surface area contributed by atoms with E-state index >= 15 is 0 Å². The molecule has 0 aromatic carbocycles. The molecule has 2 aliphatic rings. The van der Waals surface area contributed by atoms with Crippen molar-refractivity contribution in [1.82, 2.24) is 5.32 Å². The number of hydrogen-bond acceptors (Lipinski definition) is 2. The first kappa shape index (κ1) is 10.4. The highest BCUT2D eigenvalue weighted by Gasteiger charge is 2.21. The van der Waals surface area contributed by atoms with Crippen LogP contribution in [-0.2, 0) is 4.74 Å². The second kappa shape index (κ2) is 5.13. The highest BCUT2D eigenvalue weighted by Crippen LogP contribution is 2.28. The standard InChI is InChI=1S/C12H23NO/c1-10-3-2-4-11(7-10)8-13-12-5-6-14-9-12/h10-13H,2-9H2,1H3. The molecule has 0 aromatic heterocycles. The van der Waals surface area contributed by atoms with Gasteiger partial charge in [-0.15, -0.1) is 0 Å². The Kier molecular flexibility index (Phi) is 3.82. The molecule has 1 N–H and O–H groups in total. The summed E-state index contributed by atoms with van der Waals surface area (Å²) in [4.78, 5) is 0. The lowest BCUT2D eigenvalue weighted by atomic mass is 9.82. The summed E-state index contributed by atoms with van der Waals surface area (Å²) in [5.41, 5.74) is 0. The van der Waals surface area contributed by atoms with Crippen molar-refractivity contribution in [3.05, 3.63) is 0 Å². The van der Waals surface area contributed by atoms with Crippen molar-refractivity contribution < 1.29 is 4.74 Å². The van der Waals surface area contributed by atoms with E-state index in [1.54, 1.807) is 0 Å². The summed E-state index contributed by atoms with van der Waals surface area (Å²) in [6.07, 6.45) is 6.96. The molecule has 1 saturated carbocycles. The van der Waals surface area contributed by atoms with Crippen molar-refractivity contribution in [2.45, 2.75) is 45.1 Å². The van der Waals surface area contributed by atoms with Crippen LogP contribution in [0.25, 0.3) is 0 Å². The molecule has 1 aliphatic carbocycles. The molecule has 0 bridgehead atoms. The highest BCUT2D eigenvalue weighted by atomic mass is 16.5. The first-order chi connectivity index (χ1) is 6.84. The Morgan fingerprint density at radius 3 is 2.93 bits per heavy atom. The number of rotatable bonds is 3. The van der Waals surface area contributed by atoms with Gasteiger partial charge in [0.15, 0.2) is 0 Å². The molecule has 0 amide bonds. The maximum atomic E-state index is 5.36. The van der Waals surface area contributed by atoms with E-state index < -0.39 is 0 Å². The van der Waals surface area contributed by atoms with Gasteiger partial charge in [0.2, 0.25) is 0 Å². The Balaban J connectivity index is 1.64. The van der Waals surface area contributed by atoms with Crippen molar-refractivity contribution in [2.75, 3.05) is 19.8 Å². The van der Waals surface area contributed by atoms with Crippen molar-refractivity contribution >= 4 is 0 Å². The van der Waals surface area contributed by atoms with Crippen LogP contribution in [0.15, 0.2) is 0 Å². The second-order valence-electron chi connectivity index (χ2n) is 5.11. The van der Waals surface area contributed by atoms with Crippen LogP contribution in [0.3, 0.4) is 0 Å². The minimum atomic E-state index is 0.646. The largest absolute Gasteiger partial charge is 0.380 e. The normalized spacial score (nSPS) is 38.8. The van der Waals surface area contributed by atoms with E-state index in [0.29, 0.717) is 6.04 Å². The third-order valence-corrected chi connectivity index (χ3v) is 3.67. The van der Waals surface area contributed by atoms with Gasteiger partial charge < -0.3 is 10.1 Å². The molecule has 2 heteroatoms. The minimum absolute atomic E-state index is 0.646. The van der Waals surface area contributed by atoms with Gasteiger partial charge in [-0.2, -0.15) is 0 Å². The van der Waals surface area contributed by atoms with Crippen LogP contribution in [0.4, 0.5) is 0 Å². The van der Waals surface area contributed by atoms with Crippen LogP contribution in [0.5, 0.6) is 0 Å². The molecule has 0 spiro atoms. The summed E-state index contributed by atoms with van der Waals surface area (Å²) in [6, 6.07) is 0.646. The Labute approximate surface area is 87.4 Å². The lowest BCUT2D eigenvalue weighted by Gasteiger charge is -2.27. The molecule has 2 nitrogen and oxygen atoms in total. The fourth-order valence-electron chi connectivity index (χ4n) is 2.77. The summed E-state index contributed by atoms with van der Waals surface area (Å²) < 4.78 is 5.36. The quantitative estimate of drug-likeness (QED) is 0.749. The first-order valence-corrected chi connectivity index (χ1v) is 6.15. The molecule has 1 saturated heterocycles. The third-order valence-electron chi connectivity index (χ3n) is 3.67. The predicted molar refractivity (Wildman–Crippen MR) is 58.3 cm³/mol. The Morgan fingerprint density at radius 1 is 1.29 bits per heavy atom. The van der Waals surface area contributed by atoms with Gasteiger partial charge in [-0.1, -0.05) is 19.8 Å².